The summed E-state index contributed by atoms with van der Waals surface area (Å²) >= 11 is 3.35. The molecule has 1 aromatic heterocycles. The van der Waals surface area contributed by atoms with Gasteiger partial charge in [-0.05, 0) is 51.8 Å². The van der Waals surface area contributed by atoms with Crippen LogP contribution in [0.3, 0.4) is 0 Å². The van der Waals surface area contributed by atoms with E-state index in [1.165, 1.54) is 18.2 Å². The smallest absolute Gasteiger partial charge is 0.167 e. The number of rotatable bonds is 4. The first-order valence-electron chi connectivity index (χ1n) is 8.04. The van der Waals surface area contributed by atoms with E-state index in [0.29, 0.717) is 22.3 Å². The van der Waals surface area contributed by atoms with Gasteiger partial charge in [0.25, 0.3) is 0 Å². The first kappa shape index (κ1) is 16.8. The highest BCUT2D eigenvalue weighted by Gasteiger charge is 2.11. The van der Waals surface area contributed by atoms with Crippen LogP contribution in [0.25, 0.3) is 16.6 Å². The van der Waals surface area contributed by atoms with E-state index in [-0.39, 0.29) is 11.6 Å². The van der Waals surface area contributed by atoms with E-state index in [1.807, 2.05) is 36.4 Å². The van der Waals surface area contributed by atoms with Crippen LogP contribution in [0.4, 0.5) is 8.78 Å². The van der Waals surface area contributed by atoms with Gasteiger partial charge in [-0.1, -0.05) is 30.3 Å². The summed E-state index contributed by atoms with van der Waals surface area (Å²) < 4.78 is 36.2. The maximum Gasteiger partial charge on any atom is 0.167 e. The molecule has 0 aliphatic carbocycles. The highest BCUT2D eigenvalue weighted by Crippen LogP contribution is 2.30. The van der Waals surface area contributed by atoms with Crippen LogP contribution in [0, 0.1) is 11.6 Å². The minimum Gasteiger partial charge on any atom is -0.486 e. The SMILES string of the molecule is Fc1cc(Br)c2ccn(-c3ccc(OCc4ccccc4)c(F)c3)c2c1. The van der Waals surface area contributed by atoms with Crippen molar-refractivity contribution in [2.24, 2.45) is 0 Å². The van der Waals surface area contributed by atoms with Crippen molar-refractivity contribution in [2.45, 2.75) is 6.61 Å². The van der Waals surface area contributed by atoms with Gasteiger partial charge in [-0.25, -0.2) is 8.78 Å². The molecule has 5 heteroatoms. The first-order chi connectivity index (χ1) is 12.6. The monoisotopic (exact) mass is 413 g/mol. The Morgan fingerprint density at radius 2 is 1.73 bits per heavy atom. The molecule has 0 fully saturated rings. The van der Waals surface area contributed by atoms with Crippen molar-refractivity contribution >= 4 is 26.8 Å². The Labute approximate surface area is 157 Å². The number of hydrogen-bond acceptors (Lipinski definition) is 1. The van der Waals surface area contributed by atoms with Crippen LogP contribution < -0.4 is 4.74 Å². The van der Waals surface area contributed by atoms with Crippen LogP contribution in [0.2, 0.25) is 0 Å². The average molecular weight is 414 g/mol. The molecule has 0 amide bonds. The van der Waals surface area contributed by atoms with Crippen molar-refractivity contribution in [2.75, 3.05) is 0 Å². The lowest BCUT2D eigenvalue weighted by atomic mass is 10.2. The predicted octanol–water partition coefficient (Wildman–Crippen LogP) is 6.25. The van der Waals surface area contributed by atoms with E-state index in [4.69, 9.17) is 4.74 Å². The maximum atomic E-state index is 14.5. The van der Waals surface area contributed by atoms with Gasteiger partial charge < -0.3 is 9.30 Å². The minimum absolute atomic E-state index is 0.182. The second kappa shape index (κ2) is 6.92. The van der Waals surface area contributed by atoms with Gasteiger partial charge in [-0.15, -0.1) is 0 Å². The minimum atomic E-state index is -0.462. The fourth-order valence-electron chi connectivity index (χ4n) is 2.88. The van der Waals surface area contributed by atoms with Crippen molar-refractivity contribution in [3.8, 4) is 11.4 Å². The highest BCUT2D eigenvalue weighted by molar-refractivity contribution is 9.10. The number of halogens is 3. The number of ether oxygens (including phenoxy) is 1. The molecule has 2 nitrogen and oxygen atoms in total. The van der Waals surface area contributed by atoms with Gasteiger partial charge in [0.15, 0.2) is 11.6 Å². The molecule has 4 aromatic rings. The molecule has 0 saturated heterocycles. The number of nitrogens with zero attached hydrogens (tertiary/aromatic N) is 1. The predicted molar refractivity (Wildman–Crippen MR) is 102 cm³/mol. The van der Waals surface area contributed by atoms with E-state index in [2.05, 4.69) is 15.9 Å². The average Bonchev–Trinajstić information content (AvgIpc) is 3.05. The molecule has 1 heterocycles. The lowest BCUT2D eigenvalue weighted by molar-refractivity contribution is 0.290. The molecule has 130 valence electrons. The second-order valence-corrected chi connectivity index (χ2v) is 6.75. The fourth-order valence-corrected chi connectivity index (χ4v) is 3.44. The van der Waals surface area contributed by atoms with E-state index in [1.54, 1.807) is 22.9 Å². The number of fused-ring (bicyclic) bond motifs is 1. The fraction of sp³-hybridized carbons (Fsp3) is 0.0476. The van der Waals surface area contributed by atoms with Crippen LogP contribution in [0.15, 0.2) is 77.4 Å². The van der Waals surface area contributed by atoms with Crippen molar-refractivity contribution in [1.29, 1.82) is 0 Å². The lowest BCUT2D eigenvalue weighted by Crippen LogP contribution is -1.99. The Bertz CT molecular complexity index is 1080. The van der Waals surface area contributed by atoms with Crippen molar-refractivity contribution < 1.29 is 13.5 Å². The standard InChI is InChI=1S/C21H14BrF2NO/c22-18-10-15(23)11-20-17(18)8-9-25(20)16-6-7-21(19(24)12-16)26-13-14-4-2-1-3-5-14/h1-12H,13H2. The summed E-state index contributed by atoms with van der Waals surface area (Å²) in [5.74, 6) is -0.634. The van der Waals surface area contributed by atoms with E-state index in [0.717, 1.165) is 10.9 Å². The maximum absolute atomic E-state index is 14.5. The van der Waals surface area contributed by atoms with Crippen molar-refractivity contribution in [1.82, 2.24) is 4.57 Å². The summed E-state index contributed by atoms with van der Waals surface area (Å²) in [6, 6.07) is 19.0. The Morgan fingerprint density at radius 3 is 2.50 bits per heavy atom. The van der Waals surface area contributed by atoms with Crippen LogP contribution in [0.1, 0.15) is 5.56 Å². The molecule has 4 rings (SSSR count). The number of hydrogen-bond donors (Lipinski definition) is 0. The van der Waals surface area contributed by atoms with Gasteiger partial charge in [0.2, 0.25) is 0 Å². The Morgan fingerprint density at radius 1 is 0.923 bits per heavy atom. The molecule has 0 saturated carbocycles. The molecular formula is C21H14BrF2NO. The molecule has 26 heavy (non-hydrogen) atoms. The third-order valence-corrected chi connectivity index (χ3v) is 4.81. The Hall–Kier alpha value is -2.66. The zero-order chi connectivity index (χ0) is 18.1. The van der Waals surface area contributed by atoms with E-state index >= 15 is 0 Å². The van der Waals surface area contributed by atoms with E-state index in [9.17, 15) is 8.78 Å². The molecule has 0 aliphatic rings. The molecule has 3 aromatic carbocycles. The normalized spacial score (nSPS) is 11.0. The molecular weight excluding hydrogens is 400 g/mol. The Balaban J connectivity index is 1.64. The Kier molecular flexibility index (Phi) is 4.47. The summed E-state index contributed by atoms with van der Waals surface area (Å²) in [7, 11) is 0. The summed E-state index contributed by atoms with van der Waals surface area (Å²) in [6.45, 7) is 0.293. The van der Waals surface area contributed by atoms with Gasteiger partial charge in [0, 0.05) is 27.8 Å². The van der Waals surface area contributed by atoms with E-state index < -0.39 is 5.82 Å². The van der Waals surface area contributed by atoms with Gasteiger partial charge in [-0.3, -0.25) is 0 Å². The molecule has 0 N–H and O–H groups in total. The molecule has 0 spiro atoms. The largest absolute Gasteiger partial charge is 0.486 e. The summed E-state index contributed by atoms with van der Waals surface area (Å²) in [5, 5.41) is 0.858. The van der Waals surface area contributed by atoms with Crippen LogP contribution >= 0.6 is 15.9 Å². The molecule has 0 bridgehead atoms. The number of benzene rings is 3. The number of aromatic nitrogens is 1. The van der Waals surface area contributed by atoms with Gasteiger partial charge in [0.05, 0.1) is 5.52 Å². The quantitative estimate of drug-likeness (QED) is 0.385. The lowest BCUT2D eigenvalue weighted by Gasteiger charge is -2.11. The third-order valence-electron chi connectivity index (χ3n) is 4.15. The zero-order valence-corrected chi connectivity index (χ0v) is 15.2. The summed E-state index contributed by atoms with van der Waals surface area (Å²) in [6.07, 6.45) is 1.79. The van der Waals surface area contributed by atoms with Crippen LogP contribution in [0.5, 0.6) is 5.75 Å². The van der Waals surface area contributed by atoms with Gasteiger partial charge in [0.1, 0.15) is 12.4 Å². The summed E-state index contributed by atoms with van der Waals surface area (Å²) in [4.78, 5) is 0. The topological polar surface area (TPSA) is 14.2 Å². The molecule has 0 unspecified atom stereocenters. The second-order valence-electron chi connectivity index (χ2n) is 5.90. The zero-order valence-electron chi connectivity index (χ0n) is 13.6. The highest BCUT2D eigenvalue weighted by atomic mass is 79.9. The van der Waals surface area contributed by atoms with Crippen LogP contribution in [-0.2, 0) is 6.61 Å². The van der Waals surface area contributed by atoms with Crippen molar-refractivity contribution in [3.63, 3.8) is 0 Å². The third kappa shape index (κ3) is 3.22. The van der Waals surface area contributed by atoms with Gasteiger partial charge in [-0.2, -0.15) is 0 Å². The van der Waals surface area contributed by atoms with Gasteiger partial charge >= 0.3 is 0 Å². The van der Waals surface area contributed by atoms with Crippen LogP contribution in [-0.4, -0.2) is 4.57 Å². The molecule has 0 aliphatic heterocycles. The van der Waals surface area contributed by atoms with Crippen molar-refractivity contribution in [3.05, 3.63) is 94.6 Å². The molecule has 0 radical (unpaired) electrons. The molecule has 0 atom stereocenters. The first-order valence-corrected chi connectivity index (χ1v) is 8.84. The summed E-state index contributed by atoms with van der Waals surface area (Å²) in [5.41, 5.74) is 2.23.